The normalized spacial score (nSPS) is 21.8. The Morgan fingerprint density at radius 2 is 2.07 bits per heavy atom. The molecule has 27 heavy (non-hydrogen) atoms. The number of para-hydroxylation sites is 1. The molecule has 1 saturated heterocycles. The van der Waals surface area contributed by atoms with E-state index in [1.807, 2.05) is 30.5 Å². The quantitative estimate of drug-likeness (QED) is 0.865. The molecule has 4 rings (SSSR count). The van der Waals surface area contributed by atoms with E-state index >= 15 is 0 Å². The van der Waals surface area contributed by atoms with Crippen molar-refractivity contribution in [1.29, 1.82) is 0 Å². The maximum atomic E-state index is 12.8. The highest BCUT2D eigenvalue weighted by molar-refractivity contribution is 6.00. The van der Waals surface area contributed by atoms with E-state index in [-0.39, 0.29) is 24.8 Å². The summed E-state index contributed by atoms with van der Waals surface area (Å²) in [5.41, 5.74) is 2.76. The molecule has 2 aliphatic heterocycles. The Morgan fingerprint density at radius 1 is 1.26 bits per heavy atom. The monoisotopic (exact) mass is 368 g/mol. The lowest BCUT2D eigenvalue weighted by molar-refractivity contribution is -0.134. The largest absolute Gasteiger partial charge is 0.391 e. The van der Waals surface area contributed by atoms with Crippen LogP contribution in [0.15, 0.2) is 30.5 Å². The van der Waals surface area contributed by atoms with Crippen LogP contribution in [0.2, 0.25) is 0 Å². The standard InChI is InChI=1S/C20H24N4O3/c1-13(25)24-12-15(26)10-18(24)20(27)22-17-8-3-2-7-16(17)19-21-11-14-6-4-5-9-23(14)19/h2-3,7-8,11,15,18,26H,4-6,9-10,12H2,1H3,(H,22,27)/t15-,18+/m0/s1. The van der Waals surface area contributed by atoms with Gasteiger partial charge in [-0.1, -0.05) is 12.1 Å². The van der Waals surface area contributed by atoms with Crippen LogP contribution in [0.3, 0.4) is 0 Å². The van der Waals surface area contributed by atoms with Crippen LogP contribution in [-0.4, -0.2) is 50.1 Å². The number of hydrogen-bond acceptors (Lipinski definition) is 4. The summed E-state index contributed by atoms with van der Waals surface area (Å²) < 4.78 is 2.22. The SMILES string of the molecule is CC(=O)N1C[C@@H](O)C[C@@H]1C(=O)Nc1ccccc1-c1ncc2n1CCCC2. The van der Waals surface area contributed by atoms with Crippen LogP contribution >= 0.6 is 0 Å². The fourth-order valence-electron chi connectivity index (χ4n) is 4.06. The van der Waals surface area contributed by atoms with E-state index in [2.05, 4.69) is 14.9 Å². The van der Waals surface area contributed by atoms with E-state index in [4.69, 9.17) is 0 Å². The fraction of sp³-hybridized carbons (Fsp3) is 0.450. The minimum absolute atomic E-state index is 0.197. The number of hydrogen-bond donors (Lipinski definition) is 2. The molecule has 0 radical (unpaired) electrons. The summed E-state index contributed by atoms with van der Waals surface area (Å²) >= 11 is 0. The summed E-state index contributed by atoms with van der Waals surface area (Å²) in [6.45, 7) is 2.55. The molecule has 142 valence electrons. The number of aliphatic hydroxyl groups excluding tert-OH is 1. The average molecular weight is 368 g/mol. The van der Waals surface area contributed by atoms with Gasteiger partial charge in [0, 0.05) is 43.9 Å². The highest BCUT2D eigenvalue weighted by atomic mass is 16.3. The van der Waals surface area contributed by atoms with Crippen LogP contribution in [0.25, 0.3) is 11.4 Å². The van der Waals surface area contributed by atoms with Crippen molar-refractivity contribution in [3.63, 3.8) is 0 Å². The Balaban J connectivity index is 1.61. The van der Waals surface area contributed by atoms with Crippen LogP contribution in [-0.2, 0) is 22.6 Å². The zero-order valence-electron chi connectivity index (χ0n) is 15.4. The van der Waals surface area contributed by atoms with Crippen molar-refractivity contribution in [1.82, 2.24) is 14.5 Å². The number of fused-ring (bicyclic) bond motifs is 1. The number of anilines is 1. The Hall–Kier alpha value is -2.67. The third kappa shape index (κ3) is 3.35. The molecule has 3 heterocycles. The number of carbonyl (C=O) groups is 2. The van der Waals surface area contributed by atoms with Crippen molar-refractivity contribution < 1.29 is 14.7 Å². The van der Waals surface area contributed by atoms with Crippen LogP contribution in [0.1, 0.15) is 31.9 Å². The van der Waals surface area contributed by atoms with Crippen LogP contribution in [0.5, 0.6) is 0 Å². The summed E-state index contributed by atoms with van der Waals surface area (Å²) in [6.07, 6.45) is 4.82. The van der Waals surface area contributed by atoms with E-state index < -0.39 is 12.1 Å². The molecule has 2 amide bonds. The number of aromatic nitrogens is 2. The highest BCUT2D eigenvalue weighted by Crippen LogP contribution is 2.31. The molecule has 2 atom stereocenters. The number of aliphatic hydroxyl groups is 1. The minimum atomic E-state index is -0.667. The van der Waals surface area contributed by atoms with Crippen molar-refractivity contribution >= 4 is 17.5 Å². The second-order valence-electron chi connectivity index (χ2n) is 7.29. The number of imidazole rings is 1. The first-order valence-electron chi connectivity index (χ1n) is 9.44. The second-order valence-corrected chi connectivity index (χ2v) is 7.29. The summed E-state index contributed by atoms with van der Waals surface area (Å²) in [5, 5.41) is 12.8. The lowest BCUT2D eigenvalue weighted by atomic mass is 10.1. The number of aryl methyl sites for hydroxylation is 1. The summed E-state index contributed by atoms with van der Waals surface area (Å²) in [7, 11) is 0. The van der Waals surface area contributed by atoms with Crippen molar-refractivity contribution in [3.05, 3.63) is 36.2 Å². The number of nitrogens with zero attached hydrogens (tertiary/aromatic N) is 3. The number of β-amino-alcohol motifs (C(OH)–C–C–N with tert-alkyl or cyclic N) is 1. The van der Waals surface area contributed by atoms with E-state index in [9.17, 15) is 14.7 Å². The molecular formula is C20H24N4O3. The average Bonchev–Trinajstić information content (AvgIpc) is 3.26. The fourth-order valence-corrected chi connectivity index (χ4v) is 4.06. The number of likely N-dealkylation sites (tertiary alicyclic amines) is 1. The summed E-state index contributed by atoms with van der Waals surface area (Å²) in [6, 6.07) is 6.94. The number of rotatable bonds is 3. The maximum absolute atomic E-state index is 12.8. The van der Waals surface area contributed by atoms with Crippen molar-refractivity contribution in [2.24, 2.45) is 0 Å². The lowest BCUT2D eigenvalue weighted by Gasteiger charge is -2.23. The van der Waals surface area contributed by atoms with E-state index in [1.165, 1.54) is 23.9 Å². The maximum Gasteiger partial charge on any atom is 0.247 e. The van der Waals surface area contributed by atoms with Crippen LogP contribution in [0.4, 0.5) is 5.69 Å². The first-order chi connectivity index (χ1) is 13.0. The molecule has 2 aliphatic rings. The first-order valence-corrected chi connectivity index (χ1v) is 9.44. The predicted molar refractivity (Wildman–Crippen MR) is 101 cm³/mol. The van der Waals surface area contributed by atoms with Crippen LogP contribution in [0, 0.1) is 0 Å². The number of amides is 2. The Labute approximate surface area is 158 Å². The topological polar surface area (TPSA) is 87.5 Å². The minimum Gasteiger partial charge on any atom is -0.391 e. The molecule has 1 aromatic heterocycles. The summed E-state index contributed by atoms with van der Waals surface area (Å²) in [4.78, 5) is 30.7. The Kier molecular flexibility index (Phi) is 4.70. The van der Waals surface area contributed by atoms with Gasteiger partial charge in [-0.15, -0.1) is 0 Å². The van der Waals surface area contributed by atoms with Crippen LogP contribution < -0.4 is 5.32 Å². The molecule has 7 heteroatoms. The van der Waals surface area contributed by atoms with Gasteiger partial charge in [-0.3, -0.25) is 9.59 Å². The zero-order chi connectivity index (χ0) is 19.0. The smallest absolute Gasteiger partial charge is 0.247 e. The molecule has 7 nitrogen and oxygen atoms in total. The Morgan fingerprint density at radius 3 is 2.89 bits per heavy atom. The molecule has 0 bridgehead atoms. The van der Waals surface area contributed by atoms with Gasteiger partial charge in [0.25, 0.3) is 0 Å². The van der Waals surface area contributed by atoms with Gasteiger partial charge in [-0.05, 0) is 31.4 Å². The van der Waals surface area contributed by atoms with Gasteiger partial charge in [-0.2, -0.15) is 0 Å². The number of benzene rings is 1. The predicted octanol–water partition coefficient (Wildman–Crippen LogP) is 1.81. The molecule has 0 spiro atoms. The number of nitrogens with one attached hydrogen (secondary N) is 1. The molecule has 2 N–H and O–H groups in total. The molecule has 0 saturated carbocycles. The lowest BCUT2D eigenvalue weighted by Crippen LogP contribution is -2.42. The third-order valence-electron chi connectivity index (χ3n) is 5.41. The first kappa shape index (κ1) is 17.7. The molecule has 0 unspecified atom stereocenters. The number of carbonyl (C=O) groups excluding carboxylic acids is 2. The third-order valence-corrected chi connectivity index (χ3v) is 5.41. The van der Waals surface area contributed by atoms with Crippen molar-refractivity contribution in [2.45, 2.75) is 51.3 Å². The van der Waals surface area contributed by atoms with Crippen molar-refractivity contribution in [3.8, 4) is 11.4 Å². The van der Waals surface area contributed by atoms with Gasteiger partial charge >= 0.3 is 0 Å². The summed E-state index contributed by atoms with van der Waals surface area (Å²) in [5.74, 6) is 0.373. The van der Waals surface area contributed by atoms with Crippen molar-refractivity contribution in [2.75, 3.05) is 11.9 Å². The molecular weight excluding hydrogens is 344 g/mol. The zero-order valence-corrected chi connectivity index (χ0v) is 15.4. The van der Waals surface area contributed by atoms with E-state index in [0.29, 0.717) is 5.69 Å². The van der Waals surface area contributed by atoms with Gasteiger partial charge in [0.2, 0.25) is 11.8 Å². The molecule has 0 aliphatic carbocycles. The van der Waals surface area contributed by atoms with Gasteiger partial charge in [0.05, 0.1) is 11.8 Å². The molecule has 1 fully saturated rings. The molecule has 2 aromatic rings. The van der Waals surface area contributed by atoms with Gasteiger partial charge < -0.3 is 19.9 Å². The van der Waals surface area contributed by atoms with E-state index in [0.717, 1.165) is 30.8 Å². The van der Waals surface area contributed by atoms with Gasteiger partial charge in [-0.25, -0.2) is 4.98 Å². The molecule has 1 aromatic carbocycles. The van der Waals surface area contributed by atoms with Gasteiger partial charge in [0.1, 0.15) is 11.9 Å². The Bertz CT molecular complexity index is 876. The van der Waals surface area contributed by atoms with E-state index in [1.54, 1.807) is 0 Å². The highest BCUT2D eigenvalue weighted by Gasteiger charge is 2.37. The second kappa shape index (κ2) is 7.15. The van der Waals surface area contributed by atoms with Gasteiger partial charge in [0.15, 0.2) is 0 Å².